The summed E-state index contributed by atoms with van der Waals surface area (Å²) in [6.07, 6.45) is 0. The molecule has 0 atom stereocenters. The monoisotopic (exact) mass is 201 g/mol. The van der Waals surface area contributed by atoms with E-state index in [4.69, 9.17) is 25.5 Å². The number of hydrogen-bond donors (Lipinski definition) is 3. The van der Waals surface area contributed by atoms with Crippen LogP contribution in [0.2, 0.25) is 0 Å². The molecule has 1 rings (SSSR count). The highest BCUT2D eigenvalue weighted by Crippen LogP contribution is 2.14. The van der Waals surface area contributed by atoms with Gasteiger partial charge in [-0.3, -0.25) is 0 Å². The smallest absolute Gasteiger partial charge is 0.339 e. The average Bonchev–Trinajstić information content (AvgIpc) is 2.03. The van der Waals surface area contributed by atoms with Crippen molar-refractivity contribution in [2.75, 3.05) is 0 Å². The third kappa shape index (κ3) is 4.54. The van der Waals surface area contributed by atoms with Gasteiger partial charge in [0.2, 0.25) is 0 Å². The Labute approximate surface area is 78.0 Å². The van der Waals surface area contributed by atoms with Crippen molar-refractivity contribution in [1.82, 2.24) is 0 Å². The molecule has 7 nitrogen and oxygen atoms in total. The Bertz CT molecular complexity index is 333. The molecule has 0 aliphatic carbocycles. The van der Waals surface area contributed by atoms with Crippen LogP contribution in [0.5, 0.6) is 5.75 Å². The molecule has 3 N–H and O–H groups in total. The van der Waals surface area contributed by atoms with Crippen LogP contribution >= 0.6 is 0 Å². The van der Waals surface area contributed by atoms with E-state index in [1.54, 1.807) is 12.1 Å². The van der Waals surface area contributed by atoms with Crippen molar-refractivity contribution in [3.05, 3.63) is 39.9 Å². The molecule has 14 heavy (non-hydrogen) atoms. The van der Waals surface area contributed by atoms with Gasteiger partial charge >= 0.3 is 5.97 Å². The largest absolute Gasteiger partial charge is 0.507 e. The van der Waals surface area contributed by atoms with E-state index in [1.165, 1.54) is 12.1 Å². The summed E-state index contributed by atoms with van der Waals surface area (Å²) in [7, 11) is 0. The van der Waals surface area contributed by atoms with Crippen molar-refractivity contribution in [3.8, 4) is 5.75 Å². The molecule has 0 unspecified atom stereocenters. The van der Waals surface area contributed by atoms with Gasteiger partial charge in [0.05, 0.1) is 0 Å². The Kier molecular flexibility index (Phi) is 4.47. The van der Waals surface area contributed by atoms with Crippen LogP contribution < -0.4 is 0 Å². The summed E-state index contributed by atoms with van der Waals surface area (Å²) in [4.78, 5) is 18.6. The molecule has 0 spiro atoms. The Morgan fingerprint density at radius 2 is 1.79 bits per heavy atom. The second-order valence-electron chi connectivity index (χ2n) is 2.06. The second kappa shape index (κ2) is 5.36. The lowest BCUT2D eigenvalue weighted by Gasteiger charge is -1.95. The van der Waals surface area contributed by atoms with Gasteiger partial charge in [-0.25, -0.2) is 4.79 Å². The number of aromatic hydroxyl groups is 1. The number of carbonyl (C=O) groups is 1. The molecule has 0 aliphatic rings. The molecule has 0 radical (unpaired) electrons. The Morgan fingerprint density at radius 1 is 1.36 bits per heavy atom. The molecule has 7 heteroatoms. The van der Waals surface area contributed by atoms with E-state index in [-0.39, 0.29) is 11.3 Å². The molecule has 0 fully saturated rings. The second-order valence-corrected chi connectivity index (χ2v) is 2.06. The molecule has 0 saturated heterocycles. The van der Waals surface area contributed by atoms with E-state index in [0.717, 1.165) is 0 Å². The fourth-order valence-corrected chi connectivity index (χ4v) is 0.654. The number of carboxylic acid groups (broad SMARTS) is 1. The number of aromatic carboxylic acids is 1. The van der Waals surface area contributed by atoms with Gasteiger partial charge in [0.1, 0.15) is 11.3 Å². The fraction of sp³-hybridized carbons (Fsp3) is 0. The van der Waals surface area contributed by atoms with Gasteiger partial charge in [0.25, 0.3) is 5.09 Å². The number of carboxylic acids is 1. The third-order valence-electron chi connectivity index (χ3n) is 1.13. The minimum atomic E-state index is -1.50. The van der Waals surface area contributed by atoms with Crippen molar-refractivity contribution in [2.24, 2.45) is 0 Å². The SMILES string of the molecule is O=C(O)c1ccccc1O.O=[N+]([O-])O. The van der Waals surface area contributed by atoms with Crippen LogP contribution in [0, 0.1) is 10.1 Å². The minimum Gasteiger partial charge on any atom is -0.507 e. The molecular formula is C7H7NO6. The van der Waals surface area contributed by atoms with Crippen LogP contribution in [0.15, 0.2) is 24.3 Å². The number of benzene rings is 1. The normalized spacial score (nSPS) is 8.29. The topological polar surface area (TPSA) is 121 Å². The van der Waals surface area contributed by atoms with Gasteiger partial charge in [-0.2, -0.15) is 0 Å². The summed E-state index contributed by atoms with van der Waals surface area (Å²) in [5, 5.41) is 30.9. The van der Waals surface area contributed by atoms with Crippen LogP contribution in [0.3, 0.4) is 0 Å². The van der Waals surface area contributed by atoms with E-state index in [9.17, 15) is 4.79 Å². The predicted octanol–water partition coefficient (Wildman–Crippen LogP) is 0.743. The summed E-state index contributed by atoms with van der Waals surface area (Å²) in [6.45, 7) is 0. The summed E-state index contributed by atoms with van der Waals surface area (Å²) in [5.74, 6) is -1.31. The minimum absolute atomic E-state index is 0.0671. The standard InChI is InChI=1S/C7H6O3.HNO3/c8-6-4-2-1-3-5(6)7(9)10;2-1(3)4/h1-4,8H,(H,9,10);(H,2,3,4). The lowest BCUT2D eigenvalue weighted by Crippen LogP contribution is -1.95. The maximum atomic E-state index is 10.3. The zero-order chi connectivity index (χ0) is 11.1. The van der Waals surface area contributed by atoms with Crippen LogP contribution in [-0.2, 0) is 0 Å². The van der Waals surface area contributed by atoms with Crippen molar-refractivity contribution in [2.45, 2.75) is 0 Å². The molecule has 0 aromatic heterocycles. The van der Waals surface area contributed by atoms with Crippen LogP contribution in [0.25, 0.3) is 0 Å². The lowest BCUT2D eigenvalue weighted by molar-refractivity contribution is -0.742. The van der Waals surface area contributed by atoms with E-state index in [1.807, 2.05) is 0 Å². The summed E-state index contributed by atoms with van der Waals surface area (Å²) in [6, 6.07) is 5.81. The number of rotatable bonds is 1. The summed E-state index contributed by atoms with van der Waals surface area (Å²) >= 11 is 0. The highest BCUT2D eigenvalue weighted by molar-refractivity contribution is 5.90. The fourth-order valence-electron chi connectivity index (χ4n) is 0.654. The van der Waals surface area contributed by atoms with E-state index in [2.05, 4.69) is 0 Å². The first-order chi connectivity index (χ1) is 6.45. The molecule has 76 valence electrons. The van der Waals surface area contributed by atoms with Crippen molar-refractivity contribution < 1.29 is 25.3 Å². The average molecular weight is 201 g/mol. The lowest BCUT2D eigenvalue weighted by atomic mass is 10.2. The first kappa shape index (κ1) is 11.7. The number of hydrogen-bond acceptors (Lipinski definition) is 4. The predicted molar refractivity (Wildman–Crippen MR) is 43.8 cm³/mol. The van der Waals surface area contributed by atoms with Gasteiger partial charge in [0.15, 0.2) is 0 Å². The molecule has 1 aromatic rings. The number of para-hydroxylation sites is 1. The Morgan fingerprint density at radius 3 is 2.07 bits per heavy atom. The molecular weight excluding hydrogens is 194 g/mol. The molecule has 0 aliphatic heterocycles. The molecule has 0 bridgehead atoms. The van der Waals surface area contributed by atoms with Gasteiger partial charge in [-0.1, -0.05) is 12.1 Å². The van der Waals surface area contributed by atoms with E-state index >= 15 is 0 Å². The summed E-state index contributed by atoms with van der Waals surface area (Å²) < 4.78 is 0. The zero-order valence-corrected chi connectivity index (χ0v) is 6.82. The first-order valence-corrected chi connectivity index (χ1v) is 3.29. The molecule has 0 saturated carbocycles. The van der Waals surface area contributed by atoms with Crippen molar-refractivity contribution in [3.63, 3.8) is 0 Å². The third-order valence-corrected chi connectivity index (χ3v) is 1.13. The van der Waals surface area contributed by atoms with Crippen LogP contribution in [-0.4, -0.2) is 26.5 Å². The van der Waals surface area contributed by atoms with Gasteiger partial charge in [-0.15, -0.1) is 10.1 Å². The molecule has 1 aromatic carbocycles. The van der Waals surface area contributed by atoms with Crippen molar-refractivity contribution >= 4 is 5.97 Å². The first-order valence-electron chi connectivity index (χ1n) is 3.29. The van der Waals surface area contributed by atoms with Crippen molar-refractivity contribution in [1.29, 1.82) is 0 Å². The number of nitrogens with zero attached hydrogens (tertiary/aromatic N) is 1. The van der Waals surface area contributed by atoms with E-state index in [0.29, 0.717) is 0 Å². The highest BCUT2D eigenvalue weighted by atomic mass is 16.9. The Balaban J connectivity index is 0.000000364. The quantitative estimate of drug-likeness (QED) is 0.455. The van der Waals surface area contributed by atoms with Gasteiger partial charge in [-0.05, 0) is 12.1 Å². The Hall–Kier alpha value is -2.31. The maximum Gasteiger partial charge on any atom is 0.339 e. The molecule has 0 heterocycles. The maximum absolute atomic E-state index is 10.3. The zero-order valence-electron chi connectivity index (χ0n) is 6.82. The van der Waals surface area contributed by atoms with Crippen LogP contribution in [0.4, 0.5) is 0 Å². The summed E-state index contributed by atoms with van der Waals surface area (Å²) in [5.41, 5.74) is -0.0671. The number of phenols is 1. The molecule has 0 amide bonds. The van der Waals surface area contributed by atoms with Crippen LogP contribution in [0.1, 0.15) is 10.4 Å². The van der Waals surface area contributed by atoms with E-state index < -0.39 is 11.1 Å². The van der Waals surface area contributed by atoms with Gasteiger partial charge < -0.3 is 15.4 Å². The van der Waals surface area contributed by atoms with Gasteiger partial charge in [0, 0.05) is 0 Å². The highest BCUT2D eigenvalue weighted by Gasteiger charge is 2.05.